The fraction of sp³-hybridized carbons (Fsp3) is 1.00. The summed E-state index contributed by atoms with van der Waals surface area (Å²) in [7, 11) is 0. The van der Waals surface area contributed by atoms with E-state index in [9.17, 15) is 13.2 Å². The maximum Gasteiger partial charge on any atom is 0.460 e. The van der Waals surface area contributed by atoms with Crippen molar-refractivity contribution in [1.82, 2.24) is 9.80 Å². The van der Waals surface area contributed by atoms with E-state index in [1.54, 1.807) is 20.8 Å². The van der Waals surface area contributed by atoms with Crippen molar-refractivity contribution in [3.05, 3.63) is 0 Å². The molecule has 5 heteroatoms. The van der Waals surface area contributed by atoms with Crippen molar-refractivity contribution >= 4 is 0 Å². The first-order chi connectivity index (χ1) is 9.32. The molecule has 2 fully saturated rings. The van der Waals surface area contributed by atoms with Crippen molar-refractivity contribution in [3.8, 4) is 0 Å². The molecule has 124 valence electrons. The van der Waals surface area contributed by atoms with Crippen molar-refractivity contribution < 1.29 is 13.2 Å². The maximum atomic E-state index is 13.5. The molecular formula is C16H29F3N2. The third-order valence-electron chi connectivity index (χ3n) is 4.84. The van der Waals surface area contributed by atoms with E-state index in [-0.39, 0.29) is 11.6 Å². The van der Waals surface area contributed by atoms with Gasteiger partial charge in [0.15, 0.2) is 0 Å². The zero-order chi connectivity index (χ0) is 16.2. The summed E-state index contributed by atoms with van der Waals surface area (Å²) in [5, 5.41) is 0. The number of alkyl halides is 3. The SMILES string of the molecule is CC(C)(C)N1C2CCC1CC(N(C(C)(C)C)C(F)(F)F)C2. The quantitative estimate of drug-likeness (QED) is 0.663. The summed E-state index contributed by atoms with van der Waals surface area (Å²) in [5.74, 6) is 0. The minimum Gasteiger partial charge on any atom is -0.292 e. The first-order valence-corrected chi connectivity index (χ1v) is 7.96. The molecule has 0 radical (unpaired) electrons. The molecular weight excluding hydrogens is 277 g/mol. The summed E-state index contributed by atoms with van der Waals surface area (Å²) >= 11 is 0. The Balaban J connectivity index is 2.22. The molecule has 2 atom stereocenters. The van der Waals surface area contributed by atoms with Gasteiger partial charge in [-0.05, 0) is 67.2 Å². The smallest absolute Gasteiger partial charge is 0.292 e. The van der Waals surface area contributed by atoms with Crippen LogP contribution in [-0.4, -0.2) is 45.3 Å². The van der Waals surface area contributed by atoms with Crippen molar-refractivity contribution in [2.24, 2.45) is 0 Å². The molecule has 2 saturated heterocycles. The maximum absolute atomic E-state index is 13.5. The van der Waals surface area contributed by atoms with Crippen LogP contribution < -0.4 is 0 Å². The highest BCUT2D eigenvalue weighted by molar-refractivity contribution is 5.03. The van der Waals surface area contributed by atoms with Crippen LogP contribution in [0.15, 0.2) is 0 Å². The Morgan fingerprint density at radius 2 is 1.29 bits per heavy atom. The van der Waals surface area contributed by atoms with Crippen molar-refractivity contribution in [2.75, 3.05) is 0 Å². The topological polar surface area (TPSA) is 6.48 Å². The molecule has 2 bridgehead atoms. The Hall–Kier alpha value is -0.290. The van der Waals surface area contributed by atoms with Crippen LogP contribution in [0.4, 0.5) is 13.2 Å². The zero-order valence-electron chi connectivity index (χ0n) is 14.1. The molecule has 0 spiro atoms. The molecule has 2 nitrogen and oxygen atoms in total. The molecule has 2 aliphatic heterocycles. The van der Waals surface area contributed by atoms with Gasteiger partial charge in [0.2, 0.25) is 0 Å². The van der Waals surface area contributed by atoms with Gasteiger partial charge in [-0.2, -0.15) is 13.2 Å². The average Bonchev–Trinajstić information content (AvgIpc) is 2.46. The fourth-order valence-electron chi connectivity index (χ4n) is 4.59. The Morgan fingerprint density at radius 1 is 0.857 bits per heavy atom. The van der Waals surface area contributed by atoms with Crippen molar-refractivity contribution in [1.29, 1.82) is 0 Å². The Bertz CT molecular complexity index is 350. The monoisotopic (exact) mass is 306 g/mol. The molecule has 0 aliphatic carbocycles. The van der Waals surface area contributed by atoms with E-state index in [2.05, 4.69) is 25.7 Å². The van der Waals surface area contributed by atoms with Gasteiger partial charge in [0.05, 0.1) is 0 Å². The normalized spacial score (nSPS) is 32.0. The second kappa shape index (κ2) is 5.12. The van der Waals surface area contributed by atoms with Gasteiger partial charge in [-0.1, -0.05) is 0 Å². The van der Waals surface area contributed by atoms with E-state index in [1.807, 2.05) is 0 Å². The van der Waals surface area contributed by atoms with E-state index < -0.39 is 11.8 Å². The van der Waals surface area contributed by atoms with Gasteiger partial charge in [-0.3, -0.25) is 4.90 Å². The van der Waals surface area contributed by atoms with E-state index in [4.69, 9.17) is 0 Å². The minimum atomic E-state index is -4.26. The van der Waals surface area contributed by atoms with Crippen molar-refractivity contribution in [2.45, 2.75) is 103 Å². The Kier molecular flexibility index (Phi) is 4.16. The molecule has 2 aliphatic rings. The van der Waals surface area contributed by atoms with Gasteiger partial charge in [-0.15, -0.1) is 0 Å². The number of hydrogen-bond acceptors (Lipinski definition) is 2. The highest BCUT2D eigenvalue weighted by Gasteiger charge is 2.53. The van der Waals surface area contributed by atoms with Crippen LogP contribution in [0.25, 0.3) is 0 Å². The average molecular weight is 306 g/mol. The molecule has 0 N–H and O–H groups in total. The second-order valence-corrected chi connectivity index (χ2v) is 8.60. The zero-order valence-corrected chi connectivity index (χ0v) is 14.1. The molecule has 0 aromatic rings. The summed E-state index contributed by atoms with van der Waals surface area (Å²) in [6.07, 6.45) is -0.927. The fourth-order valence-corrected chi connectivity index (χ4v) is 4.59. The second-order valence-electron chi connectivity index (χ2n) is 8.60. The lowest BCUT2D eigenvalue weighted by atomic mass is 9.88. The number of piperidine rings is 1. The molecule has 21 heavy (non-hydrogen) atoms. The molecule has 2 heterocycles. The van der Waals surface area contributed by atoms with Crippen LogP contribution in [0.3, 0.4) is 0 Å². The number of hydrogen-bond donors (Lipinski definition) is 0. The van der Waals surface area contributed by atoms with E-state index in [0.717, 1.165) is 17.7 Å². The van der Waals surface area contributed by atoms with Crippen LogP contribution in [-0.2, 0) is 0 Å². The number of halogens is 3. The Labute approximate surface area is 126 Å². The lowest BCUT2D eigenvalue weighted by molar-refractivity contribution is -0.289. The van der Waals surface area contributed by atoms with Crippen LogP contribution in [0, 0.1) is 0 Å². The van der Waals surface area contributed by atoms with Crippen LogP contribution in [0.5, 0.6) is 0 Å². The van der Waals surface area contributed by atoms with Crippen molar-refractivity contribution in [3.63, 3.8) is 0 Å². The highest BCUT2D eigenvalue weighted by Crippen LogP contribution is 2.45. The van der Waals surface area contributed by atoms with Gasteiger partial charge in [0.1, 0.15) is 0 Å². The molecule has 0 saturated carbocycles. The molecule has 0 amide bonds. The largest absolute Gasteiger partial charge is 0.460 e. The lowest BCUT2D eigenvalue weighted by Crippen LogP contribution is -2.62. The highest BCUT2D eigenvalue weighted by atomic mass is 19.4. The predicted octanol–water partition coefficient (Wildman–Crippen LogP) is 4.40. The summed E-state index contributed by atoms with van der Waals surface area (Å²) in [6.45, 7) is 11.5. The molecule has 0 aromatic heterocycles. The summed E-state index contributed by atoms with van der Waals surface area (Å²) < 4.78 is 40.6. The molecule has 2 unspecified atom stereocenters. The number of rotatable bonds is 1. The van der Waals surface area contributed by atoms with Gasteiger partial charge >= 0.3 is 6.30 Å². The predicted molar refractivity (Wildman–Crippen MR) is 79.1 cm³/mol. The van der Waals surface area contributed by atoms with Crippen LogP contribution in [0.2, 0.25) is 0 Å². The Morgan fingerprint density at radius 3 is 1.57 bits per heavy atom. The van der Waals surface area contributed by atoms with E-state index >= 15 is 0 Å². The summed E-state index contributed by atoms with van der Waals surface area (Å²) in [5.41, 5.74) is -0.839. The minimum absolute atomic E-state index is 0.0433. The van der Waals surface area contributed by atoms with Gasteiger partial charge in [0.25, 0.3) is 0 Å². The first kappa shape index (κ1) is 17.1. The third kappa shape index (κ3) is 3.39. The third-order valence-corrected chi connectivity index (χ3v) is 4.84. The van der Waals surface area contributed by atoms with Gasteiger partial charge < -0.3 is 0 Å². The standard InChI is InChI=1S/C16H29F3N2/c1-14(2,3)20-11-7-8-12(20)10-13(9-11)21(15(4,5)6)16(17,18)19/h11-13H,7-10H2,1-6H3. The van der Waals surface area contributed by atoms with Gasteiger partial charge in [-0.25, -0.2) is 4.90 Å². The van der Waals surface area contributed by atoms with Gasteiger partial charge in [0, 0.05) is 29.2 Å². The molecule has 0 aromatic carbocycles. The number of nitrogens with zero attached hydrogens (tertiary/aromatic N) is 2. The van der Waals surface area contributed by atoms with Crippen LogP contribution >= 0.6 is 0 Å². The summed E-state index contributed by atoms with van der Waals surface area (Å²) in [4.78, 5) is 3.26. The lowest BCUT2D eigenvalue weighted by Gasteiger charge is -2.51. The summed E-state index contributed by atoms with van der Waals surface area (Å²) in [6, 6.07) is 0.197. The number of fused-ring (bicyclic) bond motifs is 2. The van der Waals surface area contributed by atoms with E-state index in [1.165, 1.54) is 0 Å². The first-order valence-electron chi connectivity index (χ1n) is 7.96. The van der Waals surface area contributed by atoms with Crippen LogP contribution in [0.1, 0.15) is 67.2 Å². The molecule has 2 rings (SSSR count). The van der Waals surface area contributed by atoms with E-state index in [0.29, 0.717) is 24.9 Å².